The SMILES string of the molecule is CCC(C)[C@H](N)C(=O)N1CCC2CCCCC21. The lowest BCUT2D eigenvalue weighted by Crippen LogP contribution is -2.50. The number of likely N-dealkylation sites (tertiary alicyclic amines) is 1. The average molecular weight is 238 g/mol. The highest BCUT2D eigenvalue weighted by Crippen LogP contribution is 2.36. The fourth-order valence-corrected chi connectivity index (χ4v) is 3.37. The van der Waals surface area contributed by atoms with Crippen LogP contribution in [-0.4, -0.2) is 29.4 Å². The fourth-order valence-electron chi connectivity index (χ4n) is 3.37. The van der Waals surface area contributed by atoms with Crippen molar-refractivity contribution in [3.8, 4) is 0 Å². The van der Waals surface area contributed by atoms with Gasteiger partial charge in [-0.1, -0.05) is 33.1 Å². The first-order valence-corrected chi connectivity index (χ1v) is 7.21. The molecule has 1 amide bonds. The summed E-state index contributed by atoms with van der Waals surface area (Å²) in [4.78, 5) is 14.5. The minimum absolute atomic E-state index is 0.203. The molecule has 2 aliphatic rings. The van der Waals surface area contributed by atoms with Crippen LogP contribution >= 0.6 is 0 Å². The zero-order valence-electron chi connectivity index (χ0n) is 11.2. The summed E-state index contributed by atoms with van der Waals surface area (Å²) in [5.41, 5.74) is 6.08. The Morgan fingerprint density at radius 2 is 2.06 bits per heavy atom. The van der Waals surface area contributed by atoms with Crippen molar-refractivity contribution in [2.75, 3.05) is 6.54 Å². The first-order valence-electron chi connectivity index (χ1n) is 7.21. The standard InChI is InChI=1S/C14H26N2O/c1-3-10(2)13(15)14(17)16-9-8-11-6-4-5-7-12(11)16/h10-13H,3-9,15H2,1-2H3/t10?,11?,12?,13-/m0/s1. The molecule has 98 valence electrons. The summed E-state index contributed by atoms with van der Waals surface area (Å²) >= 11 is 0. The van der Waals surface area contributed by atoms with E-state index in [4.69, 9.17) is 5.73 Å². The van der Waals surface area contributed by atoms with Gasteiger partial charge in [0.2, 0.25) is 5.91 Å². The number of nitrogens with zero attached hydrogens (tertiary/aromatic N) is 1. The number of carbonyl (C=O) groups is 1. The Labute approximate surface area is 105 Å². The van der Waals surface area contributed by atoms with Gasteiger partial charge in [-0.25, -0.2) is 0 Å². The monoisotopic (exact) mass is 238 g/mol. The van der Waals surface area contributed by atoms with Crippen molar-refractivity contribution >= 4 is 5.91 Å². The van der Waals surface area contributed by atoms with Crippen LogP contribution in [0.5, 0.6) is 0 Å². The third-order valence-electron chi connectivity index (χ3n) is 4.84. The maximum Gasteiger partial charge on any atom is 0.240 e. The Morgan fingerprint density at radius 1 is 1.35 bits per heavy atom. The van der Waals surface area contributed by atoms with Gasteiger partial charge in [-0.2, -0.15) is 0 Å². The van der Waals surface area contributed by atoms with Gasteiger partial charge in [0.25, 0.3) is 0 Å². The van der Waals surface area contributed by atoms with Crippen molar-refractivity contribution < 1.29 is 4.79 Å². The van der Waals surface area contributed by atoms with Crippen LogP contribution in [0.25, 0.3) is 0 Å². The number of carbonyl (C=O) groups excluding carboxylic acids is 1. The Balaban J connectivity index is 2.00. The maximum absolute atomic E-state index is 12.4. The van der Waals surface area contributed by atoms with Crippen LogP contribution in [-0.2, 0) is 4.79 Å². The van der Waals surface area contributed by atoms with Crippen molar-refractivity contribution in [3.63, 3.8) is 0 Å². The Morgan fingerprint density at radius 3 is 2.76 bits per heavy atom. The smallest absolute Gasteiger partial charge is 0.240 e. The molecule has 4 atom stereocenters. The normalized spacial score (nSPS) is 32.1. The number of fused-ring (bicyclic) bond motifs is 1. The second-order valence-corrected chi connectivity index (χ2v) is 5.84. The Kier molecular flexibility index (Phi) is 4.08. The number of hydrogen-bond acceptors (Lipinski definition) is 2. The summed E-state index contributed by atoms with van der Waals surface area (Å²) < 4.78 is 0. The lowest BCUT2D eigenvalue weighted by molar-refractivity contribution is -0.135. The lowest BCUT2D eigenvalue weighted by atomic mass is 9.85. The molecule has 3 unspecified atom stereocenters. The van der Waals surface area contributed by atoms with Gasteiger partial charge in [0.05, 0.1) is 6.04 Å². The van der Waals surface area contributed by atoms with E-state index in [1.165, 1.54) is 32.1 Å². The van der Waals surface area contributed by atoms with E-state index in [1.54, 1.807) is 0 Å². The van der Waals surface area contributed by atoms with Crippen molar-refractivity contribution in [2.45, 2.75) is 64.5 Å². The van der Waals surface area contributed by atoms with E-state index < -0.39 is 0 Å². The van der Waals surface area contributed by atoms with E-state index in [-0.39, 0.29) is 11.9 Å². The van der Waals surface area contributed by atoms with Gasteiger partial charge in [0.15, 0.2) is 0 Å². The van der Waals surface area contributed by atoms with Gasteiger partial charge >= 0.3 is 0 Å². The van der Waals surface area contributed by atoms with E-state index in [2.05, 4.69) is 18.7 Å². The molecule has 2 rings (SSSR count). The molecule has 2 fully saturated rings. The van der Waals surface area contributed by atoms with Crippen LogP contribution < -0.4 is 5.73 Å². The summed E-state index contributed by atoms with van der Waals surface area (Å²) in [6, 6.07) is 0.215. The fraction of sp³-hybridized carbons (Fsp3) is 0.929. The van der Waals surface area contributed by atoms with Crippen LogP contribution in [0.3, 0.4) is 0 Å². The summed E-state index contributed by atoms with van der Waals surface area (Å²) in [6.45, 7) is 5.13. The molecule has 1 saturated heterocycles. The maximum atomic E-state index is 12.4. The molecule has 17 heavy (non-hydrogen) atoms. The largest absolute Gasteiger partial charge is 0.338 e. The molecule has 3 heteroatoms. The number of amides is 1. The van der Waals surface area contributed by atoms with Gasteiger partial charge in [0.1, 0.15) is 0 Å². The number of rotatable bonds is 3. The molecule has 1 saturated carbocycles. The summed E-state index contributed by atoms with van der Waals surface area (Å²) in [5.74, 6) is 1.26. The molecule has 3 nitrogen and oxygen atoms in total. The molecule has 0 aromatic rings. The van der Waals surface area contributed by atoms with Gasteiger partial charge in [0, 0.05) is 12.6 Å². The summed E-state index contributed by atoms with van der Waals surface area (Å²) in [6.07, 6.45) is 7.32. The van der Waals surface area contributed by atoms with E-state index in [1.807, 2.05) is 0 Å². The Bertz CT molecular complexity index is 279. The van der Waals surface area contributed by atoms with Gasteiger partial charge in [-0.3, -0.25) is 4.79 Å². The second-order valence-electron chi connectivity index (χ2n) is 5.84. The average Bonchev–Trinajstić information content (AvgIpc) is 2.79. The van der Waals surface area contributed by atoms with Gasteiger partial charge in [-0.05, 0) is 31.1 Å². The Hall–Kier alpha value is -0.570. The van der Waals surface area contributed by atoms with Crippen LogP contribution in [0.15, 0.2) is 0 Å². The minimum Gasteiger partial charge on any atom is -0.338 e. The second kappa shape index (κ2) is 5.38. The highest BCUT2D eigenvalue weighted by atomic mass is 16.2. The van der Waals surface area contributed by atoms with E-state index >= 15 is 0 Å². The van der Waals surface area contributed by atoms with E-state index in [9.17, 15) is 4.79 Å². The van der Waals surface area contributed by atoms with Crippen molar-refractivity contribution in [3.05, 3.63) is 0 Å². The molecular weight excluding hydrogens is 212 g/mol. The van der Waals surface area contributed by atoms with Gasteiger partial charge < -0.3 is 10.6 Å². The number of hydrogen-bond donors (Lipinski definition) is 1. The summed E-state index contributed by atoms with van der Waals surface area (Å²) in [5, 5.41) is 0. The lowest BCUT2D eigenvalue weighted by Gasteiger charge is -2.34. The zero-order chi connectivity index (χ0) is 12.4. The molecule has 1 heterocycles. The molecule has 0 radical (unpaired) electrons. The van der Waals surface area contributed by atoms with Crippen LogP contribution in [0.4, 0.5) is 0 Å². The van der Waals surface area contributed by atoms with Crippen LogP contribution in [0.1, 0.15) is 52.4 Å². The summed E-state index contributed by atoms with van der Waals surface area (Å²) in [7, 11) is 0. The predicted octanol–water partition coefficient (Wildman–Crippen LogP) is 2.15. The third kappa shape index (κ3) is 2.49. The van der Waals surface area contributed by atoms with Gasteiger partial charge in [-0.15, -0.1) is 0 Å². The quantitative estimate of drug-likeness (QED) is 0.819. The predicted molar refractivity (Wildman–Crippen MR) is 69.5 cm³/mol. The van der Waals surface area contributed by atoms with E-state index in [0.29, 0.717) is 12.0 Å². The molecule has 0 bridgehead atoms. The zero-order valence-corrected chi connectivity index (χ0v) is 11.2. The highest BCUT2D eigenvalue weighted by molar-refractivity contribution is 5.82. The van der Waals surface area contributed by atoms with Crippen LogP contribution in [0.2, 0.25) is 0 Å². The molecule has 0 aromatic carbocycles. The van der Waals surface area contributed by atoms with Crippen LogP contribution in [0, 0.1) is 11.8 Å². The number of nitrogens with two attached hydrogens (primary N) is 1. The first kappa shape index (κ1) is 12.9. The van der Waals surface area contributed by atoms with Crippen molar-refractivity contribution in [1.82, 2.24) is 4.90 Å². The molecular formula is C14H26N2O. The third-order valence-corrected chi connectivity index (χ3v) is 4.84. The van der Waals surface area contributed by atoms with E-state index in [0.717, 1.165) is 18.9 Å². The topological polar surface area (TPSA) is 46.3 Å². The molecule has 1 aliphatic heterocycles. The molecule has 1 aliphatic carbocycles. The molecule has 0 aromatic heterocycles. The van der Waals surface area contributed by atoms with Crippen molar-refractivity contribution in [2.24, 2.45) is 17.6 Å². The van der Waals surface area contributed by atoms with Crippen molar-refractivity contribution in [1.29, 1.82) is 0 Å². The molecule has 0 spiro atoms. The minimum atomic E-state index is -0.291. The molecule has 2 N–H and O–H groups in total. The highest BCUT2D eigenvalue weighted by Gasteiger charge is 2.40. The first-order chi connectivity index (χ1) is 8.15.